The van der Waals surface area contributed by atoms with Crippen LogP contribution in [0.5, 0.6) is 0 Å². The van der Waals surface area contributed by atoms with E-state index in [1.807, 2.05) is 0 Å². The van der Waals surface area contributed by atoms with Crippen LogP contribution >= 0.6 is 0 Å². The summed E-state index contributed by atoms with van der Waals surface area (Å²) < 4.78 is 11.5. The molecule has 0 bridgehead atoms. The van der Waals surface area contributed by atoms with E-state index in [0.717, 1.165) is 39.1 Å². The summed E-state index contributed by atoms with van der Waals surface area (Å²) in [5.41, 5.74) is 0. The standard InChI is InChI=1S/C11H21NO2/c1-2-8-13-11(3-1)9-14-10-4-6-12-7-5-10/h10-12H,1-9H2/t11-/m1/s1. The second kappa shape index (κ2) is 5.69. The molecule has 0 radical (unpaired) electrons. The SMILES string of the molecule is C1CC[C@H](COC2CCNCC2)OC1. The zero-order valence-electron chi connectivity index (χ0n) is 8.84. The third-order valence-corrected chi connectivity index (χ3v) is 3.08. The quantitative estimate of drug-likeness (QED) is 0.743. The van der Waals surface area contributed by atoms with Crippen molar-refractivity contribution in [3.05, 3.63) is 0 Å². The summed E-state index contributed by atoms with van der Waals surface area (Å²) in [6, 6.07) is 0. The van der Waals surface area contributed by atoms with E-state index in [4.69, 9.17) is 9.47 Å². The van der Waals surface area contributed by atoms with Gasteiger partial charge in [-0.2, -0.15) is 0 Å². The maximum atomic E-state index is 5.86. The van der Waals surface area contributed by atoms with Crippen LogP contribution in [-0.2, 0) is 9.47 Å². The summed E-state index contributed by atoms with van der Waals surface area (Å²) in [5, 5.41) is 3.34. The molecule has 0 amide bonds. The van der Waals surface area contributed by atoms with E-state index < -0.39 is 0 Å². The van der Waals surface area contributed by atoms with Crippen LogP contribution in [0.1, 0.15) is 32.1 Å². The topological polar surface area (TPSA) is 30.5 Å². The van der Waals surface area contributed by atoms with Gasteiger partial charge in [-0.15, -0.1) is 0 Å². The van der Waals surface area contributed by atoms with Gasteiger partial charge in [-0.1, -0.05) is 0 Å². The summed E-state index contributed by atoms with van der Waals surface area (Å²) in [5.74, 6) is 0. The van der Waals surface area contributed by atoms with Crippen LogP contribution < -0.4 is 5.32 Å². The van der Waals surface area contributed by atoms with Crippen molar-refractivity contribution in [3.8, 4) is 0 Å². The molecule has 1 atom stereocenters. The van der Waals surface area contributed by atoms with Gasteiger partial charge in [0.2, 0.25) is 0 Å². The van der Waals surface area contributed by atoms with E-state index in [1.165, 1.54) is 19.3 Å². The monoisotopic (exact) mass is 199 g/mol. The average Bonchev–Trinajstić information content (AvgIpc) is 2.29. The van der Waals surface area contributed by atoms with Crippen LogP contribution in [0.25, 0.3) is 0 Å². The lowest BCUT2D eigenvalue weighted by atomic mass is 10.1. The number of rotatable bonds is 3. The van der Waals surface area contributed by atoms with Gasteiger partial charge in [0.05, 0.1) is 18.8 Å². The Hall–Kier alpha value is -0.120. The van der Waals surface area contributed by atoms with Crippen molar-refractivity contribution in [1.82, 2.24) is 5.32 Å². The highest BCUT2D eigenvalue weighted by Gasteiger charge is 2.18. The first-order valence-corrected chi connectivity index (χ1v) is 5.89. The van der Waals surface area contributed by atoms with Gasteiger partial charge < -0.3 is 14.8 Å². The lowest BCUT2D eigenvalue weighted by molar-refractivity contribution is -0.0683. The summed E-state index contributed by atoms with van der Waals surface area (Å²) >= 11 is 0. The van der Waals surface area contributed by atoms with Gasteiger partial charge in [-0.25, -0.2) is 0 Å². The molecule has 14 heavy (non-hydrogen) atoms. The fourth-order valence-electron chi connectivity index (χ4n) is 2.14. The first kappa shape index (κ1) is 10.4. The number of hydrogen-bond acceptors (Lipinski definition) is 3. The molecule has 0 unspecified atom stereocenters. The van der Waals surface area contributed by atoms with Crippen LogP contribution in [0.4, 0.5) is 0 Å². The normalized spacial score (nSPS) is 30.4. The van der Waals surface area contributed by atoms with Crippen LogP contribution in [0.2, 0.25) is 0 Å². The predicted molar refractivity (Wildman–Crippen MR) is 55.4 cm³/mol. The lowest BCUT2D eigenvalue weighted by Crippen LogP contribution is -2.35. The van der Waals surface area contributed by atoms with Gasteiger partial charge in [0, 0.05) is 6.61 Å². The Kier molecular flexibility index (Phi) is 4.22. The fraction of sp³-hybridized carbons (Fsp3) is 1.00. The van der Waals surface area contributed by atoms with E-state index >= 15 is 0 Å². The van der Waals surface area contributed by atoms with Crippen LogP contribution in [0.3, 0.4) is 0 Å². The van der Waals surface area contributed by atoms with Crippen LogP contribution in [0, 0.1) is 0 Å². The molecule has 3 nitrogen and oxygen atoms in total. The highest BCUT2D eigenvalue weighted by molar-refractivity contribution is 4.70. The van der Waals surface area contributed by atoms with Crippen molar-refractivity contribution in [3.63, 3.8) is 0 Å². The van der Waals surface area contributed by atoms with E-state index in [2.05, 4.69) is 5.32 Å². The number of piperidine rings is 1. The summed E-state index contributed by atoms with van der Waals surface area (Å²) in [6.07, 6.45) is 6.88. The molecule has 1 N–H and O–H groups in total. The molecule has 0 aromatic heterocycles. The van der Waals surface area contributed by atoms with Gasteiger partial charge in [0.15, 0.2) is 0 Å². The number of ether oxygens (including phenoxy) is 2. The zero-order chi connectivity index (χ0) is 9.64. The summed E-state index contributed by atoms with van der Waals surface area (Å²) in [7, 11) is 0. The maximum absolute atomic E-state index is 5.86. The molecule has 2 aliphatic heterocycles. The summed E-state index contributed by atoms with van der Waals surface area (Å²) in [4.78, 5) is 0. The highest BCUT2D eigenvalue weighted by atomic mass is 16.5. The summed E-state index contributed by atoms with van der Waals surface area (Å²) in [6.45, 7) is 3.96. The smallest absolute Gasteiger partial charge is 0.0808 e. The molecule has 0 spiro atoms. The predicted octanol–water partition coefficient (Wildman–Crippen LogP) is 1.32. The van der Waals surface area contributed by atoms with E-state index in [9.17, 15) is 0 Å². The van der Waals surface area contributed by atoms with Crippen molar-refractivity contribution in [2.75, 3.05) is 26.3 Å². The second-order valence-corrected chi connectivity index (χ2v) is 4.27. The molecule has 0 aromatic carbocycles. The molecule has 2 heterocycles. The van der Waals surface area contributed by atoms with Gasteiger partial charge in [-0.3, -0.25) is 0 Å². The molecule has 82 valence electrons. The Bertz CT molecular complexity index is 133. The molecular formula is C11H21NO2. The molecule has 2 aliphatic rings. The minimum Gasteiger partial charge on any atom is -0.376 e. The molecule has 3 heteroatoms. The molecule has 0 saturated carbocycles. The average molecular weight is 199 g/mol. The fourth-order valence-corrected chi connectivity index (χ4v) is 2.14. The third-order valence-electron chi connectivity index (χ3n) is 3.08. The first-order valence-electron chi connectivity index (χ1n) is 5.89. The second-order valence-electron chi connectivity index (χ2n) is 4.27. The van der Waals surface area contributed by atoms with Gasteiger partial charge in [0.1, 0.15) is 0 Å². The first-order chi connectivity index (χ1) is 6.95. The van der Waals surface area contributed by atoms with Crippen molar-refractivity contribution in [2.24, 2.45) is 0 Å². The van der Waals surface area contributed by atoms with E-state index in [0.29, 0.717) is 12.2 Å². The van der Waals surface area contributed by atoms with Gasteiger partial charge >= 0.3 is 0 Å². The van der Waals surface area contributed by atoms with E-state index in [-0.39, 0.29) is 0 Å². The number of hydrogen-bond donors (Lipinski definition) is 1. The highest BCUT2D eigenvalue weighted by Crippen LogP contribution is 2.15. The van der Waals surface area contributed by atoms with Crippen molar-refractivity contribution >= 4 is 0 Å². The Morgan fingerprint density at radius 3 is 2.71 bits per heavy atom. The van der Waals surface area contributed by atoms with Crippen molar-refractivity contribution in [1.29, 1.82) is 0 Å². The van der Waals surface area contributed by atoms with Gasteiger partial charge in [-0.05, 0) is 45.2 Å². The molecule has 2 saturated heterocycles. The maximum Gasteiger partial charge on any atom is 0.0808 e. The van der Waals surface area contributed by atoms with Crippen molar-refractivity contribution < 1.29 is 9.47 Å². The molecule has 0 aliphatic carbocycles. The van der Waals surface area contributed by atoms with Crippen molar-refractivity contribution in [2.45, 2.75) is 44.3 Å². The lowest BCUT2D eigenvalue weighted by Gasteiger charge is -2.27. The molecular weight excluding hydrogens is 178 g/mol. The Morgan fingerprint density at radius 1 is 1.14 bits per heavy atom. The Balaban J connectivity index is 1.60. The largest absolute Gasteiger partial charge is 0.376 e. The van der Waals surface area contributed by atoms with Crippen LogP contribution in [0.15, 0.2) is 0 Å². The minimum atomic E-state index is 0.374. The third kappa shape index (κ3) is 3.23. The molecule has 2 rings (SSSR count). The molecule has 2 fully saturated rings. The number of nitrogens with one attached hydrogen (secondary N) is 1. The molecule has 0 aromatic rings. The van der Waals surface area contributed by atoms with E-state index in [1.54, 1.807) is 0 Å². The van der Waals surface area contributed by atoms with Crippen LogP contribution in [-0.4, -0.2) is 38.5 Å². The van der Waals surface area contributed by atoms with Gasteiger partial charge in [0.25, 0.3) is 0 Å². The Labute approximate surface area is 86.2 Å². The zero-order valence-corrected chi connectivity index (χ0v) is 8.84. The Morgan fingerprint density at radius 2 is 2.00 bits per heavy atom. The minimum absolute atomic E-state index is 0.374.